The SMILES string of the molecule is CC(C)c1ccc(C(=O)Nc2ccc(C#N)cc2)cc1. The van der Waals surface area contributed by atoms with Crippen LogP contribution in [0.3, 0.4) is 0 Å². The van der Waals surface area contributed by atoms with Gasteiger partial charge in [0.25, 0.3) is 5.91 Å². The number of nitrogens with zero attached hydrogens (tertiary/aromatic N) is 1. The smallest absolute Gasteiger partial charge is 0.255 e. The van der Waals surface area contributed by atoms with E-state index in [1.807, 2.05) is 30.3 Å². The number of hydrogen-bond acceptors (Lipinski definition) is 2. The highest BCUT2D eigenvalue weighted by Crippen LogP contribution is 2.16. The van der Waals surface area contributed by atoms with Crippen LogP contribution in [0.5, 0.6) is 0 Å². The molecule has 0 saturated carbocycles. The van der Waals surface area contributed by atoms with Crippen molar-refractivity contribution >= 4 is 11.6 Å². The van der Waals surface area contributed by atoms with Gasteiger partial charge < -0.3 is 5.32 Å². The lowest BCUT2D eigenvalue weighted by molar-refractivity contribution is 0.102. The second-order valence-electron chi connectivity index (χ2n) is 4.92. The fourth-order valence-electron chi connectivity index (χ4n) is 1.85. The van der Waals surface area contributed by atoms with E-state index in [9.17, 15) is 4.79 Å². The molecule has 0 fully saturated rings. The summed E-state index contributed by atoms with van der Waals surface area (Å²) in [6.45, 7) is 4.23. The van der Waals surface area contributed by atoms with Crippen molar-refractivity contribution in [2.45, 2.75) is 19.8 Å². The van der Waals surface area contributed by atoms with Crippen molar-refractivity contribution in [3.63, 3.8) is 0 Å². The summed E-state index contributed by atoms with van der Waals surface area (Å²) in [5, 5.41) is 11.5. The molecule has 0 bridgehead atoms. The molecule has 0 radical (unpaired) electrons. The van der Waals surface area contributed by atoms with Crippen molar-refractivity contribution in [3.8, 4) is 6.07 Å². The van der Waals surface area contributed by atoms with Crippen LogP contribution in [0.15, 0.2) is 48.5 Å². The topological polar surface area (TPSA) is 52.9 Å². The van der Waals surface area contributed by atoms with Crippen LogP contribution in [0.2, 0.25) is 0 Å². The van der Waals surface area contributed by atoms with Crippen LogP contribution in [-0.4, -0.2) is 5.91 Å². The molecule has 2 aromatic rings. The van der Waals surface area contributed by atoms with Crippen LogP contribution < -0.4 is 5.32 Å². The molecule has 3 nitrogen and oxygen atoms in total. The van der Waals surface area contributed by atoms with Gasteiger partial charge in [0.05, 0.1) is 11.6 Å². The number of rotatable bonds is 3. The molecule has 0 unspecified atom stereocenters. The number of amides is 1. The molecular formula is C17H16N2O. The lowest BCUT2D eigenvalue weighted by Gasteiger charge is -2.08. The normalized spacial score (nSPS) is 10.1. The summed E-state index contributed by atoms with van der Waals surface area (Å²) in [5.74, 6) is 0.302. The summed E-state index contributed by atoms with van der Waals surface area (Å²) in [6.07, 6.45) is 0. The summed E-state index contributed by atoms with van der Waals surface area (Å²) in [7, 11) is 0. The minimum atomic E-state index is -0.148. The van der Waals surface area contributed by atoms with Crippen molar-refractivity contribution in [2.24, 2.45) is 0 Å². The molecule has 100 valence electrons. The van der Waals surface area contributed by atoms with Gasteiger partial charge in [0, 0.05) is 11.3 Å². The molecule has 1 amide bonds. The maximum Gasteiger partial charge on any atom is 0.255 e. The van der Waals surface area contributed by atoms with E-state index in [1.54, 1.807) is 24.3 Å². The maximum atomic E-state index is 12.1. The quantitative estimate of drug-likeness (QED) is 0.913. The first-order valence-electron chi connectivity index (χ1n) is 6.51. The first kappa shape index (κ1) is 13.8. The van der Waals surface area contributed by atoms with E-state index in [0.717, 1.165) is 0 Å². The number of carbonyl (C=O) groups excluding carboxylic acids is 1. The van der Waals surface area contributed by atoms with Crippen molar-refractivity contribution in [1.82, 2.24) is 0 Å². The zero-order valence-corrected chi connectivity index (χ0v) is 11.6. The van der Waals surface area contributed by atoms with Crippen molar-refractivity contribution in [1.29, 1.82) is 5.26 Å². The number of hydrogen-bond donors (Lipinski definition) is 1. The predicted octanol–water partition coefficient (Wildman–Crippen LogP) is 3.93. The molecule has 2 aromatic carbocycles. The molecule has 0 atom stereocenters. The third kappa shape index (κ3) is 3.24. The second kappa shape index (κ2) is 6.03. The predicted molar refractivity (Wildman–Crippen MR) is 79.6 cm³/mol. The Kier molecular flexibility index (Phi) is 4.17. The third-order valence-electron chi connectivity index (χ3n) is 3.11. The van der Waals surface area contributed by atoms with Crippen LogP contribution >= 0.6 is 0 Å². The van der Waals surface area contributed by atoms with E-state index in [0.29, 0.717) is 22.7 Å². The van der Waals surface area contributed by atoms with E-state index in [2.05, 4.69) is 19.2 Å². The molecule has 0 heterocycles. The second-order valence-corrected chi connectivity index (χ2v) is 4.92. The van der Waals surface area contributed by atoms with E-state index >= 15 is 0 Å². The molecule has 3 heteroatoms. The van der Waals surface area contributed by atoms with Gasteiger partial charge in [-0.15, -0.1) is 0 Å². The highest BCUT2D eigenvalue weighted by Gasteiger charge is 2.07. The lowest BCUT2D eigenvalue weighted by atomic mass is 10.0. The van der Waals surface area contributed by atoms with E-state index in [1.165, 1.54) is 5.56 Å². The molecule has 20 heavy (non-hydrogen) atoms. The molecule has 2 rings (SSSR count). The standard InChI is InChI=1S/C17H16N2O/c1-12(2)14-5-7-15(8-6-14)17(20)19-16-9-3-13(11-18)4-10-16/h3-10,12H,1-2H3,(H,19,20). The van der Waals surface area contributed by atoms with Crippen molar-refractivity contribution < 1.29 is 4.79 Å². The van der Waals surface area contributed by atoms with Gasteiger partial charge in [-0.05, 0) is 47.9 Å². The van der Waals surface area contributed by atoms with Crippen LogP contribution in [0, 0.1) is 11.3 Å². The number of anilines is 1. The average molecular weight is 264 g/mol. The largest absolute Gasteiger partial charge is 0.322 e. The number of nitriles is 1. The Labute approximate surface area is 118 Å². The number of carbonyl (C=O) groups is 1. The molecule has 1 N–H and O–H groups in total. The highest BCUT2D eigenvalue weighted by atomic mass is 16.1. The average Bonchev–Trinajstić information content (AvgIpc) is 2.48. The summed E-state index contributed by atoms with van der Waals surface area (Å²) in [6, 6.07) is 16.4. The highest BCUT2D eigenvalue weighted by molar-refractivity contribution is 6.04. The summed E-state index contributed by atoms with van der Waals surface area (Å²) in [5.41, 5.74) is 3.09. The third-order valence-corrected chi connectivity index (χ3v) is 3.11. The van der Waals surface area contributed by atoms with Gasteiger partial charge in [0.2, 0.25) is 0 Å². The Bertz CT molecular complexity index is 634. The molecular weight excluding hydrogens is 248 g/mol. The van der Waals surface area contributed by atoms with Gasteiger partial charge in [-0.3, -0.25) is 4.79 Å². The monoisotopic (exact) mass is 264 g/mol. The molecule has 0 aliphatic rings. The molecule has 0 spiro atoms. The fraction of sp³-hybridized carbons (Fsp3) is 0.176. The van der Waals surface area contributed by atoms with Crippen molar-refractivity contribution in [3.05, 3.63) is 65.2 Å². The van der Waals surface area contributed by atoms with E-state index in [4.69, 9.17) is 5.26 Å². The minimum absolute atomic E-state index is 0.148. The number of nitrogens with one attached hydrogen (secondary N) is 1. The summed E-state index contributed by atoms with van der Waals surface area (Å²) < 4.78 is 0. The lowest BCUT2D eigenvalue weighted by Crippen LogP contribution is -2.11. The summed E-state index contributed by atoms with van der Waals surface area (Å²) in [4.78, 5) is 12.1. The van der Waals surface area contributed by atoms with Gasteiger partial charge in [-0.2, -0.15) is 5.26 Å². The van der Waals surface area contributed by atoms with Gasteiger partial charge >= 0.3 is 0 Å². The first-order chi connectivity index (χ1) is 9.60. The van der Waals surface area contributed by atoms with Gasteiger partial charge in [-0.25, -0.2) is 0 Å². The molecule has 0 aliphatic heterocycles. The maximum absolute atomic E-state index is 12.1. The van der Waals surface area contributed by atoms with Gasteiger partial charge in [0.15, 0.2) is 0 Å². The Balaban J connectivity index is 2.09. The van der Waals surface area contributed by atoms with E-state index < -0.39 is 0 Å². The summed E-state index contributed by atoms with van der Waals surface area (Å²) >= 11 is 0. The number of benzene rings is 2. The van der Waals surface area contributed by atoms with E-state index in [-0.39, 0.29) is 5.91 Å². The van der Waals surface area contributed by atoms with Crippen LogP contribution in [0.4, 0.5) is 5.69 Å². The molecule has 0 aromatic heterocycles. The van der Waals surface area contributed by atoms with Crippen LogP contribution in [0.25, 0.3) is 0 Å². The Hall–Kier alpha value is -2.60. The van der Waals surface area contributed by atoms with Crippen molar-refractivity contribution in [2.75, 3.05) is 5.32 Å². The Morgan fingerprint density at radius 2 is 1.65 bits per heavy atom. The molecule has 0 aliphatic carbocycles. The minimum Gasteiger partial charge on any atom is -0.322 e. The van der Waals surface area contributed by atoms with Gasteiger partial charge in [0.1, 0.15) is 0 Å². The molecule has 0 saturated heterocycles. The van der Waals surface area contributed by atoms with Crippen LogP contribution in [-0.2, 0) is 0 Å². The van der Waals surface area contributed by atoms with Crippen LogP contribution in [0.1, 0.15) is 41.3 Å². The Morgan fingerprint density at radius 3 is 2.15 bits per heavy atom. The zero-order valence-electron chi connectivity index (χ0n) is 11.6. The fourth-order valence-corrected chi connectivity index (χ4v) is 1.85. The Morgan fingerprint density at radius 1 is 1.05 bits per heavy atom. The first-order valence-corrected chi connectivity index (χ1v) is 6.51. The zero-order chi connectivity index (χ0) is 14.5. The van der Waals surface area contributed by atoms with Gasteiger partial charge in [-0.1, -0.05) is 26.0 Å².